The van der Waals surface area contributed by atoms with Crippen molar-refractivity contribution in [2.75, 3.05) is 5.32 Å². The summed E-state index contributed by atoms with van der Waals surface area (Å²) in [7, 11) is 0. The molecule has 1 N–H and O–H groups in total. The van der Waals surface area contributed by atoms with Crippen molar-refractivity contribution in [1.82, 2.24) is 14.8 Å². The molecule has 3 aromatic rings. The molecule has 7 heteroatoms. The van der Waals surface area contributed by atoms with Crippen LogP contribution in [-0.2, 0) is 0 Å². The number of hydrogen-bond donors (Lipinski definition) is 1. The largest absolute Gasteiger partial charge is 0.319 e. The van der Waals surface area contributed by atoms with Gasteiger partial charge in [0.05, 0.1) is 17.6 Å². The third kappa shape index (κ3) is 3.45. The Bertz CT molecular complexity index is 878. The summed E-state index contributed by atoms with van der Waals surface area (Å²) in [5, 5.41) is 6.93. The van der Waals surface area contributed by atoms with Gasteiger partial charge in [-0.1, -0.05) is 6.07 Å². The minimum atomic E-state index is -0.361. The van der Waals surface area contributed by atoms with Gasteiger partial charge < -0.3 is 5.32 Å². The number of carbonyl (C=O) groups is 1. The number of nitrogens with one attached hydrogen (secondary N) is 1. The molecule has 0 saturated carbocycles. The van der Waals surface area contributed by atoms with Crippen LogP contribution in [0, 0.1) is 12.7 Å². The van der Waals surface area contributed by atoms with Gasteiger partial charge in [0.1, 0.15) is 10.4 Å². The second-order valence-corrected chi connectivity index (χ2v) is 5.71. The molecule has 2 heterocycles. The van der Waals surface area contributed by atoms with E-state index < -0.39 is 0 Å². The van der Waals surface area contributed by atoms with Crippen LogP contribution >= 0.6 is 15.9 Å². The van der Waals surface area contributed by atoms with Crippen LogP contribution in [0.4, 0.5) is 10.1 Å². The van der Waals surface area contributed by atoms with Crippen molar-refractivity contribution in [3.63, 3.8) is 0 Å². The Kier molecular flexibility index (Phi) is 4.20. The van der Waals surface area contributed by atoms with Gasteiger partial charge in [-0.05, 0) is 58.7 Å². The fraction of sp³-hybridized carbons (Fsp3) is 0.0625. The van der Waals surface area contributed by atoms with E-state index in [9.17, 15) is 9.18 Å². The summed E-state index contributed by atoms with van der Waals surface area (Å²) < 4.78 is 15.4. The fourth-order valence-electron chi connectivity index (χ4n) is 2.05. The number of pyridine rings is 1. The quantitative estimate of drug-likeness (QED) is 0.710. The van der Waals surface area contributed by atoms with Crippen molar-refractivity contribution in [1.29, 1.82) is 0 Å². The molecule has 0 unspecified atom stereocenters. The van der Waals surface area contributed by atoms with E-state index in [2.05, 4.69) is 31.3 Å². The Morgan fingerprint density at radius 3 is 2.87 bits per heavy atom. The molecule has 0 aliphatic heterocycles. The van der Waals surface area contributed by atoms with E-state index >= 15 is 0 Å². The van der Waals surface area contributed by atoms with Crippen molar-refractivity contribution >= 4 is 27.5 Å². The van der Waals surface area contributed by atoms with E-state index in [1.165, 1.54) is 16.8 Å². The number of nitrogens with zero attached hydrogens (tertiary/aromatic N) is 3. The van der Waals surface area contributed by atoms with Crippen LogP contribution in [0.5, 0.6) is 0 Å². The molecule has 0 aliphatic carbocycles. The van der Waals surface area contributed by atoms with Crippen LogP contribution in [-0.4, -0.2) is 20.7 Å². The van der Waals surface area contributed by atoms with Gasteiger partial charge in [0.25, 0.3) is 5.91 Å². The zero-order valence-electron chi connectivity index (χ0n) is 12.1. The molecule has 0 saturated heterocycles. The molecule has 3 rings (SSSR count). The molecule has 2 aromatic heterocycles. The molecule has 0 bridgehead atoms. The normalized spacial score (nSPS) is 10.6. The standard InChI is InChI=1S/C16H12BrFN4O/c1-10-7-15(17)19-9-14(10)20-16(23)13-5-6-22(21-13)12-4-2-3-11(18)8-12/h2-9H,1H3,(H,20,23). The summed E-state index contributed by atoms with van der Waals surface area (Å²) in [5.41, 5.74) is 2.27. The lowest BCUT2D eigenvalue weighted by molar-refractivity contribution is 0.102. The van der Waals surface area contributed by atoms with Gasteiger partial charge >= 0.3 is 0 Å². The Labute approximate surface area is 140 Å². The van der Waals surface area contributed by atoms with E-state index in [0.717, 1.165) is 5.56 Å². The predicted octanol–water partition coefficient (Wildman–Crippen LogP) is 3.73. The van der Waals surface area contributed by atoms with Gasteiger partial charge in [-0.15, -0.1) is 0 Å². The summed E-state index contributed by atoms with van der Waals surface area (Å²) in [6, 6.07) is 9.37. The van der Waals surface area contributed by atoms with E-state index in [-0.39, 0.29) is 17.4 Å². The third-order valence-corrected chi connectivity index (χ3v) is 3.65. The van der Waals surface area contributed by atoms with Gasteiger partial charge in [-0.2, -0.15) is 5.10 Å². The van der Waals surface area contributed by atoms with Crippen LogP contribution < -0.4 is 5.32 Å². The number of anilines is 1. The molecule has 1 amide bonds. The molecule has 0 spiro atoms. The first-order valence-electron chi connectivity index (χ1n) is 6.78. The van der Waals surface area contributed by atoms with Crippen LogP contribution in [0.15, 0.2) is 53.4 Å². The first-order valence-corrected chi connectivity index (χ1v) is 7.57. The number of aromatic nitrogens is 3. The van der Waals surface area contributed by atoms with Crippen LogP contribution in [0.2, 0.25) is 0 Å². The molecule has 5 nitrogen and oxygen atoms in total. The number of rotatable bonds is 3. The van der Waals surface area contributed by atoms with Crippen LogP contribution in [0.3, 0.4) is 0 Å². The Hall–Kier alpha value is -2.54. The van der Waals surface area contributed by atoms with E-state index in [1.807, 2.05) is 6.92 Å². The predicted molar refractivity (Wildman–Crippen MR) is 88.1 cm³/mol. The molecular weight excluding hydrogens is 363 g/mol. The molecule has 116 valence electrons. The molecule has 23 heavy (non-hydrogen) atoms. The first-order chi connectivity index (χ1) is 11.0. The van der Waals surface area contributed by atoms with Crippen molar-refractivity contribution in [2.24, 2.45) is 0 Å². The second-order valence-electron chi connectivity index (χ2n) is 4.90. The molecule has 0 radical (unpaired) electrons. The number of carbonyl (C=O) groups excluding carboxylic acids is 1. The number of aryl methyl sites for hydroxylation is 1. The highest BCUT2D eigenvalue weighted by Gasteiger charge is 2.12. The fourth-order valence-corrected chi connectivity index (χ4v) is 2.49. The highest BCUT2D eigenvalue weighted by Crippen LogP contribution is 2.18. The van der Waals surface area contributed by atoms with Crippen molar-refractivity contribution in [2.45, 2.75) is 6.92 Å². The number of amides is 1. The van der Waals surface area contributed by atoms with Crippen molar-refractivity contribution in [3.05, 3.63) is 70.5 Å². The summed E-state index contributed by atoms with van der Waals surface area (Å²) in [4.78, 5) is 16.3. The number of benzene rings is 1. The Balaban J connectivity index is 1.81. The second kappa shape index (κ2) is 6.29. The highest BCUT2D eigenvalue weighted by atomic mass is 79.9. The molecule has 0 aliphatic rings. The first kappa shape index (κ1) is 15.4. The average Bonchev–Trinajstić information content (AvgIpc) is 3.00. The molecular formula is C16H12BrFN4O. The maximum absolute atomic E-state index is 13.3. The number of halogens is 2. The molecule has 0 atom stereocenters. The highest BCUT2D eigenvalue weighted by molar-refractivity contribution is 9.10. The molecule has 0 fully saturated rings. The van der Waals surface area contributed by atoms with Gasteiger partial charge in [-0.3, -0.25) is 4.79 Å². The summed E-state index contributed by atoms with van der Waals surface area (Å²) in [6.45, 7) is 1.87. The Morgan fingerprint density at radius 1 is 1.30 bits per heavy atom. The smallest absolute Gasteiger partial charge is 0.276 e. The van der Waals surface area contributed by atoms with E-state index in [4.69, 9.17) is 0 Å². The van der Waals surface area contributed by atoms with Crippen LogP contribution in [0.1, 0.15) is 16.1 Å². The Morgan fingerprint density at radius 2 is 2.13 bits per heavy atom. The lowest BCUT2D eigenvalue weighted by Gasteiger charge is -2.06. The molecule has 1 aromatic carbocycles. The summed E-state index contributed by atoms with van der Waals surface area (Å²) >= 11 is 3.27. The van der Waals surface area contributed by atoms with Crippen molar-refractivity contribution in [3.8, 4) is 5.69 Å². The zero-order valence-corrected chi connectivity index (χ0v) is 13.7. The minimum absolute atomic E-state index is 0.233. The maximum atomic E-state index is 13.3. The number of hydrogen-bond acceptors (Lipinski definition) is 3. The van der Waals surface area contributed by atoms with E-state index in [0.29, 0.717) is 16.0 Å². The zero-order chi connectivity index (χ0) is 16.4. The van der Waals surface area contributed by atoms with E-state index in [1.54, 1.807) is 36.7 Å². The van der Waals surface area contributed by atoms with Gasteiger partial charge in [0.2, 0.25) is 0 Å². The monoisotopic (exact) mass is 374 g/mol. The lowest BCUT2D eigenvalue weighted by Crippen LogP contribution is -2.14. The minimum Gasteiger partial charge on any atom is -0.319 e. The average molecular weight is 375 g/mol. The summed E-state index contributed by atoms with van der Waals surface area (Å²) in [6.07, 6.45) is 3.18. The maximum Gasteiger partial charge on any atom is 0.276 e. The third-order valence-electron chi connectivity index (χ3n) is 3.22. The lowest BCUT2D eigenvalue weighted by atomic mass is 10.2. The van der Waals surface area contributed by atoms with Gasteiger partial charge in [0.15, 0.2) is 5.69 Å². The van der Waals surface area contributed by atoms with Crippen LogP contribution in [0.25, 0.3) is 5.69 Å². The van der Waals surface area contributed by atoms with Gasteiger partial charge in [0, 0.05) is 6.20 Å². The topological polar surface area (TPSA) is 59.8 Å². The van der Waals surface area contributed by atoms with Gasteiger partial charge in [-0.25, -0.2) is 14.1 Å². The van der Waals surface area contributed by atoms with Crippen molar-refractivity contribution < 1.29 is 9.18 Å². The summed E-state index contributed by atoms with van der Waals surface area (Å²) in [5.74, 6) is -0.715. The SMILES string of the molecule is Cc1cc(Br)ncc1NC(=O)c1ccn(-c2cccc(F)c2)n1.